The van der Waals surface area contributed by atoms with Crippen LogP contribution in [0.2, 0.25) is 0 Å². The van der Waals surface area contributed by atoms with E-state index in [-0.39, 0.29) is 25.2 Å². The Kier molecular flexibility index (Phi) is 8.70. The maximum absolute atomic E-state index is 13.2. The number of hydroxylamine groups is 2. The van der Waals surface area contributed by atoms with Crippen molar-refractivity contribution in [2.24, 2.45) is 11.8 Å². The summed E-state index contributed by atoms with van der Waals surface area (Å²) in [6, 6.07) is 18.0. The fourth-order valence-electron chi connectivity index (χ4n) is 4.16. The molecule has 8 heteroatoms. The van der Waals surface area contributed by atoms with E-state index in [4.69, 9.17) is 9.57 Å². The minimum atomic E-state index is -1.35. The smallest absolute Gasteiger partial charge is 0.335 e. The van der Waals surface area contributed by atoms with Crippen LogP contribution in [0, 0.1) is 11.8 Å². The van der Waals surface area contributed by atoms with Crippen LogP contribution in [0.25, 0.3) is 0 Å². The number of nitrogens with zero attached hydrogens (tertiary/aromatic N) is 1. The highest BCUT2D eigenvalue weighted by Crippen LogP contribution is 2.41. The molecule has 7 nitrogen and oxygen atoms in total. The summed E-state index contributed by atoms with van der Waals surface area (Å²) in [7, 11) is 0.450. The van der Waals surface area contributed by atoms with Gasteiger partial charge in [0.25, 0.3) is 17.2 Å². The van der Waals surface area contributed by atoms with Gasteiger partial charge in [-0.25, -0.2) is 4.79 Å². The minimum absolute atomic E-state index is 0.00895. The Morgan fingerprint density at radius 3 is 2.06 bits per heavy atom. The first-order valence-corrected chi connectivity index (χ1v) is 12.3. The number of benzene rings is 2. The normalized spacial score (nSPS) is 16.6. The van der Waals surface area contributed by atoms with Gasteiger partial charge in [-0.15, -0.1) is 5.06 Å². The van der Waals surface area contributed by atoms with Gasteiger partial charge in [0.2, 0.25) is 0 Å². The number of amides is 2. The highest BCUT2D eigenvalue weighted by molar-refractivity contribution is 7.25. The summed E-state index contributed by atoms with van der Waals surface area (Å²) in [5, 5.41) is -0.823. The molecule has 0 saturated carbocycles. The number of hydrogen-bond donors (Lipinski definition) is 0. The molecule has 1 aliphatic heterocycles. The highest BCUT2D eigenvalue weighted by atomic mass is 31.1. The van der Waals surface area contributed by atoms with Crippen molar-refractivity contribution in [3.63, 3.8) is 0 Å². The van der Waals surface area contributed by atoms with Gasteiger partial charge in [-0.3, -0.25) is 9.59 Å². The number of methoxy groups -OCH3 is 1. The molecule has 1 heterocycles. The first-order chi connectivity index (χ1) is 16.3. The summed E-state index contributed by atoms with van der Waals surface area (Å²) in [6.45, 7) is 3.86. The molecule has 2 amide bonds. The molecule has 1 fully saturated rings. The predicted octanol–water partition coefficient (Wildman–Crippen LogP) is 4.46. The molecule has 1 aliphatic rings. The van der Waals surface area contributed by atoms with E-state index in [1.807, 2.05) is 56.3 Å². The van der Waals surface area contributed by atoms with Gasteiger partial charge in [0.15, 0.2) is 0 Å². The van der Waals surface area contributed by atoms with Crippen LogP contribution in [0.1, 0.15) is 49.8 Å². The molecule has 1 saturated heterocycles. The SMILES string of the molecule is COC(Cc1ccc(Cc2ccccc2)cc1)([PH+]=O)C(CC(C)C)C(=O)ON1C(=O)CCC1=O. The molecular weight excluding hydrogens is 453 g/mol. The lowest BCUT2D eigenvalue weighted by Gasteiger charge is -2.29. The Balaban J connectivity index is 1.81. The summed E-state index contributed by atoms with van der Waals surface area (Å²) in [6.07, 6.45) is 1.35. The molecule has 2 aromatic rings. The standard InChI is InChI=1S/C26H30NO6P/c1-18(2)15-22(25(30)33-27-23(28)13-14-24(27)29)26(32-3,34-31)17-21-11-9-20(10-12-21)16-19-7-5-4-6-8-19/h4-12,18,22H,13-17H2,1-3H3/p+1. The van der Waals surface area contributed by atoms with Crippen LogP contribution in [0.5, 0.6) is 0 Å². The number of ether oxygens (including phenoxy) is 1. The van der Waals surface area contributed by atoms with Gasteiger partial charge >= 0.3 is 14.4 Å². The molecule has 0 radical (unpaired) electrons. The van der Waals surface area contributed by atoms with Crippen molar-refractivity contribution in [1.29, 1.82) is 0 Å². The fraction of sp³-hybridized carbons (Fsp3) is 0.423. The van der Waals surface area contributed by atoms with Crippen LogP contribution < -0.4 is 0 Å². The van der Waals surface area contributed by atoms with Crippen molar-refractivity contribution in [1.82, 2.24) is 5.06 Å². The topological polar surface area (TPSA) is 90.0 Å². The summed E-state index contributed by atoms with van der Waals surface area (Å²) in [5.41, 5.74) is 3.19. The zero-order chi connectivity index (χ0) is 24.7. The Morgan fingerprint density at radius 1 is 0.971 bits per heavy atom. The van der Waals surface area contributed by atoms with Crippen molar-refractivity contribution >= 4 is 26.2 Å². The predicted molar refractivity (Wildman–Crippen MR) is 128 cm³/mol. The van der Waals surface area contributed by atoms with Gasteiger partial charge in [0, 0.05) is 26.4 Å². The molecule has 3 unspecified atom stereocenters. The second-order valence-electron chi connectivity index (χ2n) is 9.03. The molecule has 0 spiro atoms. The zero-order valence-corrected chi connectivity index (χ0v) is 20.8. The van der Waals surface area contributed by atoms with Crippen molar-refractivity contribution < 1.29 is 28.5 Å². The maximum atomic E-state index is 13.2. The lowest BCUT2D eigenvalue weighted by Crippen LogP contribution is -2.45. The summed E-state index contributed by atoms with van der Waals surface area (Å²) in [5.74, 6) is -2.77. The first-order valence-electron chi connectivity index (χ1n) is 11.4. The molecule has 3 atom stereocenters. The monoisotopic (exact) mass is 484 g/mol. The van der Waals surface area contributed by atoms with E-state index < -0.39 is 37.5 Å². The summed E-state index contributed by atoms with van der Waals surface area (Å²) >= 11 is 0. The third-order valence-corrected chi connectivity index (χ3v) is 7.09. The zero-order valence-electron chi connectivity index (χ0n) is 19.8. The third kappa shape index (κ3) is 6.16. The lowest BCUT2D eigenvalue weighted by molar-refractivity contribution is -0.205. The molecule has 2 aromatic carbocycles. The van der Waals surface area contributed by atoms with Crippen LogP contribution >= 0.6 is 8.46 Å². The van der Waals surface area contributed by atoms with Gasteiger partial charge in [-0.1, -0.05) is 73.0 Å². The van der Waals surface area contributed by atoms with Crippen molar-refractivity contribution in [3.05, 3.63) is 71.3 Å². The Labute approximate surface area is 201 Å². The Morgan fingerprint density at radius 2 is 1.53 bits per heavy atom. The third-order valence-electron chi connectivity index (χ3n) is 6.02. The van der Waals surface area contributed by atoms with Crippen LogP contribution in [0.3, 0.4) is 0 Å². The van der Waals surface area contributed by atoms with Crippen molar-refractivity contribution in [2.45, 2.75) is 51.3 Å². The molecule has 34 heavy (non-hydrogen) atoms. The Bertz CT molecular complexity index is 1010. The number of rotatable bonds is 11. The molecule has 180 valence electrons. The van der Waals surface area contributed by atoms with E-state index in [0.717, 1.165) is 17.5 Å². The molecule has 0 aromatic heterocycles. The quantitative estimate of drug-likeness (QED) is 0.346. The van der Waals surface area contributed by atoms with Gasteiger partial charge in [0.1, 0.15) is 5.92 Å². The Hall–Kier alpha value is -2.89. The summed E-state index contributed by atoms with van der Waals surface area (Å²) < 4.78 is 18.3. The van der Waals surface area contributed by atoms with E-state index in [1.54, 1.807) is 0 Å². The molecule has 0 aliphatic carbocycles. The van der Waals surface area contributed by atoms with Crippen LogP contribution in [0.15, 0.2) is 54.6 Å². The maximum Gasteiger partial charge on any atom is 0.361 e. The van der Waals surface area contributed by atoms with Gasteiger partial charge in [-0.2, -0.15) is 0 Å². The van der Waals surface area contributed by atoms with Crippen LogP contribution in [-0.4, -0.2) is 35.3 Å². The number of imide groups is 1. The highest BCUT2D eigenvalue weighted by Gasteiger charge is 2.53. The summed E-state index contributed by atoms with van der Waals surface area (Å²) in [4.78, 5) is 42.3. The fourth-order valence-corrected chi connectivity index (χ4v) is 4.89. The van der Waals surface area contributed by atoms with Gasteiger partial charge in [0.05, 0.1) is 0 Å². The molecule has 3 rings (SSSR count). The largest absolute Gasteiger partial charge is 0.361 e. The van der Waals surface area contributed by atoms with Crippen molar-refractivity contribution in [2.75, 3.05) is 7.11 Å². The molecule has 0 N–H and O–H groups in total. The van der Waals surface area contributed by atoms with Gasteiger partial charge in [-0.05, 0) is 35.4 Å². The van der Waals surface area contributed by atoms with Crippen LogP contribution in [0.4, 0.5) is 0 Å². The average molecular weight is 485 g/mol. The minimum Gasteiger partial charge on any atom is -0.335 e. The van der Waals surface area contributed by atoms with Gasteiger partial charge < -0.3 is 9.57 Å². The van der Waals surface area contributed by atoms with Crippen LogP contribution in [-0.2, 0) is 41.4 Å². The number of hydrogen-bond acceptors (Lipinski definition) is 6. The van der Waals surface area contributed by atoms with E-state index in [1.165, 1.54) is 12.7 Å². The first kappa shape index (κ1) is 25.7. The number of carbonyl (C=O) groups is 3. The van der Waals surface area contributed by atoms with E-state index in [2.05, 4.69) is 12.1 Å². The lowest BCUT2D eigenvalue weighted by atomic mass is 9.87. The molecular formula is C26H31NO6P+. The number of carbonyl (C=O) groups excluding carboxylic acids is 3. The van der Waals surface area contributed by atoms with E-state index in [9.17, 15) is 18.9 Å². The van der Waals surface area contributed by atoms with E-state index in [0.29, 0.717) is 11.5 Å². The van der Waals surface area contributed by atoms with E-state index >= 15 is 0 Å². The molecule has 0 bridgehead atoms. The van der Waals surface area contributed by atoms with Crippen molar-refractivity contribution in [3.8, 4) is 0 Å². The second-order valence-corrected chi connectivity index (χ2v) is 10.1. The average Bonchev–Trinajstić information content (AvgIpc) is 3.15. The second kappa shape index (κ2) is 11.5.